The molecule has 0 aliphatic heterocycles. The fourth-order valence-corrected chi connectivity index (χ4v) is 2.24. The quantitative estimate of drug-likeness (QED) is 0.807. The van der Waals surface area contributed by atoms with Crippen LogP contribution in [0.1, 0.15) is 27.7 Å². The van der Waals surface area contributed by atoms with Crippen LogP contribution in [-0.4, -0.2) is 35.9 Å². The minimum Gasteiger partial charge on any atom is -0.467 e. The molecule has 0 aliphatic carbocycles. The van der Waals surface area contributed by atoms with Gasteiger partial charge in [-0.15, -0.1) is 0 Å². The molecule has 1 heterocycles. The van der Waals surface area contributed by atoms with Gasteiger partial charge in [0.25, 0.3) is 5.91 Å². The van der Waals surface area contributed by atoms with Crippen molar-refractivity contribution in [2.24, 2.45) is 0 Å². The molecule has 0 radical (unpaired) electrons. The zero-order chi connectivity index (χ0) is 17.9. The lowest BCUT2D eigenvalue weighted by Crippen LogP contribution is -2.37. The lowest BCUT2D eigenvalue weighted by molar-refractivity contribution is -0.146. The van der Waals surface area contributed by atoms with E-state index in [4.69, 9.17) is 0 Å². The average Bonchev–Trinajstić information content (AvgIpc) is 2.57. The number of aryl methyl sites for hydroxylation is 1. The Morgan fingerprint density at radius 2 is 1.92 bits per heavy atom. The Morgan fingerprint density at radius 3 is 2.50 bits per heavy atom. The van der Waals surface area contributed by atoms with Gasteiger partial charge in [-0.3, -0.25) is 9.78 Å². The number of carbonyl (C=O) groups excluding carboxylic acids is 2. The predicted octanol–water partition coefficient (Wildman–Crippen LogP) is 2.65. The molecule has 2 aromatic rings. The summed E-state index contributed by atoms with van der Waals surface area (Å²) in [5, 5.41) is 0. The molecule has 0 bridgehead atoms. The molecule has 1 aromatic carbocycles. The highest BCUT2D eigenvalue weighted by atomic mass is 19.1. The number of rotatable bonds is 4. The van der Waals surface area contributed by atoms with Gasteiger partial charge in [0, 0.05) is 24.5 Å². The Kier molecular flexibility index (Phi) is 5.23. The van der Waals surface area contributed by atoms with E-state index >= 15 is 0 Å². The SMILES string of the molecule is COC(=O)C(c1cc(F)ccc1F)N(C)C(=O)c1ccc(C)nc1. The number of aromatic nitrogens is 1. The minimum absolute atomic E-state index is 0.216. The third-order valence-electron chi connectivity index (χ3n) is 3.54. The number of hydrogen-bond donors (Lipinski definition) is 0. The van der Waals surface area contributed by atoms with Crippen molar-refractivity contribution in [2.75, 3.05) is 14.2 Å². The standard InChI is InChI=1S/C17H16F2N2O3/c1-10-4-5-11(9-20-10)16(22)21(2)15(17(23)24-3)13-8-12(18)6-7-14(13)19/h4-9,15H,1-3H3. The van der Waals surface area contributed by atoms with Gasteiger partial charge in [-0.25, -0.2) is 13.6 Å². The molecule has 2 rings (SSSR count). The molecule has 5 nitrogen and oxygen atoms in total. The fourth-order valence-electron chi connectivity index (χ4n) is 2.24. The second kappa shape index (κ2) is 7.16. The first kappa shape index (κ1) is 17.5. The largest absolute Gasteiger partial charge is 0.467 e. The normalized spacial score (nSPS) is 11.7. The number of pyridine rings is 1. The maximum Gasteiger partial charge on any atom is 0.333 e. The van der Waals surface area contributed by atoms with E-state index in [2.05, 4.69) is 9.72 Å². The van der Waals surface area contributed by atoms with Crippen LogP contribution in [0.3, 0.4) is 0 Å². The fraction of sp³-hybridized carbons (Fsp3) is 0.235. The van der Waals surface area contributed by atoms with E-state index in [1.54, 1.807) is 13.0 Å². The second-order valence-electron chi connectivity index (χ2n) is 5.20. The van der Waals surface area contributed by atoms with Crippen molar-refractivity contribution in [3.8, 4) is 0 Å². The zero-order valence-corrected chi connectivity index (χ0v) is 13.4. The highest BCUT2D eigenvalue weighted by Gasteiger charge is 2.32. The van der Waals surface area contributed by atoms with Gasteiger partial charge in [-0.05, 0) is 37.3 Å². The summed E-state index contributed by atoms with van der Waals surface area (Å²) in [7, 11) is 2.42. The van der Waals surface area contributed by atoms with Crippen LogP contribution < -0.4 is 0 Å². The number of halogens is 2. The smallest absolute Gasteiger partial charge is 0.333 e. The summed E-state index contributed by atoms with van der Waals surface area (Å²) >= 11 is 0. The van der Waals surface area contributed by atoms with Gasteiger partial charge in [0.1, 0.15) is 11.6 Å². The van der Waals surface area contributed by atoms with E-state index in [9.17, 15) is 18.4 Å². The van der Waals surface area contributed by atoms with Crippen molar-refractivity contribution in [3.05, 3.63) is 65.0 Å². The highest BCUT2D eigenvalue weighted by molar-refractivity contribution is 5.96. The van der Waals surface area contributed by atoms with Gasteiger partial charge in [-0.2, -0.15) is 0 Å². The van der Waals surface area contributed by atoms with E-state index < -0.39 is 29.6 Å². The summed E-state index contributed by atoms with van der Waals surface area (Å²) in [4.78, 5) is 29.6. The average molecular weight is 334 g/mol. The number of methoxy groups -OCH3 is 1. The lowest BCUT2D eigenvalue weighted by atomic mass is 10.0. The van der Waals surface area contributed by atoms with Crippen LogP contribution in [-0.2, 0) is 9.53 Å². The van der Waals surface area contributed by atoms with Gasteiger partial charge >= 0.3 is 5.97 Å². The maximum absolute atomic E-state index is 14.1. The molecule has 1 aromatic heterocycles. The van der Waals surface area contributed by atoms with Crippen molar-refractivity contribution in [2.45, 2.75) is 13.0 Å². The van der Waals surface area contributed by atoms with E-state index in [0.29, 0.717) is 0 Å². The first-order chi connectivity index (χ1) is 11.3. The third kappa shape index (κ3) is 3.56. The molecule has 1 amide bonds. The molecule has 7 heteroatoms. The highest BCUT2D eigenvalue weighted by Crippen LogP contribution is 2.26. The van der Waals surface area contributed by atoms with Gasteiger partial charge < -0.3 is 9.64 Å². The number of esters is 1. The Bertz CT molecular complexity index is 763. The molecular weight excluding hydrogens is 318 g/mol. The van der Waals surface area contributed by atoms with Crippen LogP contribution >= 0.6 is 0 Å². The maximum atomic E-state index is 14.1. The lowest BCUT2D eigenvalue weighted by Gasteiger charge is -2.26. The summed E-state index contributed by atoms with van der Waals surface area (Å²) in [5.41, 5.74) is 0.654. The molecule has 0 saturated carbocycles. The molecule has 0 aliphatic rings. The van der Waals surface area contributed by atoms with E-state index in [1.165, 1.54) is 19.3 Å². The van der Waals surface area contributed by atoms with Crippen molar-refractivity contribution in [1.29, 1.82) is 0 Å². The Balaban J connectivity index is 2.44. The van der Waals surface area contributed by atoms with Crippen molar-refractivity contribution in [3.63, 3.8) is 0 Å². The molecule has 0 fully saturated rings. The molecular formula is C17H16F2N2O3. The molecule has 0 N–H and O–H groups in total. The van der Waals surface area contributed by atoms with Crippen LogP contribution in [0.2, 0.25) is 0 Å². The molecule has 0 saturated heterocycles. The van der Waals surface area contributed by atoms with Crippen LogP contribution in [0.15, 0.2) is 36.5 Å². The van der Waals surface area contributed by atoms with Crippen LogP contribution in [0.4, 0.5) is 8.78 Å². The van der Waals surface area contributed by atoms with Crippen molar-refractivity contribution < 1.29 is 23.1 Å². The number of carbonyl (C=O) groups is 2. The molecule has 1 unspecified atom stereocenters. The predicted molar refractivity (Wildman–Crippen MR) is 82.2 cm³/mol. The minimum atomic E-state index is -1.42. The Morgan fingerprint density at radius 1 is 1.21 bits per heavy atom. The summed E-state index contributed by atoms with van der Waals surface area (Å²) in [6.45, 7) is 1.76. The van der Waals surface area contributed by atoms with Gasteiger partial charge in [0.2, 0.25) is 0 Å². The van der Waals surface area contributed by atoms with Crippen LogP contribution in [0.5, 0.6) is 0 Å². The first-order valence-corrected chi connectivity index (χ1v) is 7.07. The summed E-state index contributed by atoms with van der Waals surface area (Å²) < 4.78 is 32.2. The Labute approximate surface area is 137 Å². The monoisotopic (exact) mass is 334 g/mol. The summed E-state index contributed by atoms with van der Waals surface area (Å²) in [6, 6.07) is 4.45. The van der Waals surface area contributed by atoms with Crippen LogP contribution in [0, 0.1) is 18.6 Å². The topological polar surface area (TPSA) is 59.5 Å². The number of nitrogens with zero attached hydrogens (tertiary/aromatic N) is 2. The summed E-state index contributed by atoms with van der Waals surface area (Å²) in [6.07, 6.45) is 1.35. The van der Waals surface area contributed by atoms with Crippen molar-refractivity contribution >= 4 is 11.9 Å². The zero-order valence-electron chi connectivity index (χ0n) is 13.4. The van der Waals surface area contributed by atoms with Gasteiger partial charge in [0.15, 0.2) is 6.04 Å². The van der Waals surface area contributed by atoms with Gasteiger partial charge in [-0.1, -0.05) is 0 Å². The van der Waals surface area contributed by atoms with Crippen molar-refractivity contribution in [1.82, 2.24) is 9.88 Å². The number of amides is 1. The molecule has 24 heavy (non-hydrogen) atoms. The number of hydrogen-bond acceptors (Lipinski definition) is 4. The first-order valence-electron chi connectivity index (χ1n) is 7.07. The summed E-state index contributed by atoms with van der Waals surface area (Å²) in [5.74, 6) is -2.98. The number of ether oxygens (including phenoxy) is 1. The van der Waals surface area contributed by atoms with Gasteiger partial charge in [0.05, 0.1) is 12.7 Å². The van der Waals surface area contributed by atoms with Crippen LogP contribution in [0.25, 0.3) is 0 Å². The number of benzene rings is 1. The molecule has 1 atom stereocenters. The molecule has 0 spiro atoms. The second-order valence-corrected chi connectivity index (χ2v) is 5.20. The molecule has 126 valence electrons. The third-order valence-corrected chi connectivity index (χ3v) is 3.54. The van der Waals surface area contributed by atoms with E-state index in [0.717, 1.165) is 35.9 Å². The van der Waals surface area contributed by atoms with E-state index in [-0.39, 0.29) is 11.1 Å². The number of likely N-dealkylation sites (N-methyl/N-ethyl adjacent to an activating group) is 1. The van der Waals surface area contributed by atoms with E-state index in [1.807, 2.05) is 0 Å². The Hall–Kier alpha value is -2.83.